The molecule has 84 valence electrons. The standard InChI is InChI=1S/C11H13N3O2/c1-6(15)8-3-9(7(2)16)5-10(4-8)14-11(12)13/h3-5H,1-2H3,(H4,12,13,14). The summed E-state index contributed by atoms with van der Waals surface area (Å²) in [6.45, 7) is 2.83. The van der Waals surface area contributed by atoms with Crippen LogP contribution in [0.1, 0.15) is 34.6 Å². The summed E-state index contributed by atoms with van der Waals surface area (Å²) in [5, 5.41) is 0. The maximum absolute atomic E-state index is 11.2. The molecule has 0 aliphatic rings. The molecule has 0 aromatic heterocycles. The van der Waals surface area contributed by atoms with Gasteiger partial charge in [0, 0.05) is 11.1 Å². The Morgan fingerprint density at radius 2 is 1.44 bits per heavy atom. The Kier molecular flexibility index (Phi) is 3.40. The molecule has 0 spiro atoms. The number of guanidine groups is 1. The number of carbonyl (C=O) groups is 2. The number of Topliss-reactive ketones (excluding diaryl/α,β-unsaturated/α-hetero) is 2. The number of carbonyl (C=O) groups excluding carboxylic acids is 2. The molecule has 0 amide bonds. The zero-order valence-electron chi connectivity index (χ0n) is 9.15. The fraction of sp³-hybridized carbons (Fsp3) is 0.182. The third kappa shape index (κ3) is 2.91. The molecule has 5 heteroatoms. The molecular weight excluding hydrogens is 206 g/mol. The van der Waals surface area contributed by atoms with Crippen molar-refractivity contribution in [2.45, 2.75) is 13.8 Å². The Balaban J connectivity index is 3.35. The fourth-order valence-electron chi connectivity index (χ4n) is 1.23. The summed E-state index contributed by atoms with van der Waals surface area (Å²) >= 11 is 0. The van der Waals surface area contributed by atoms with Crippen LogP contribution in [0.4, 0.5) is 5.69 Å². The fourth-order valence-corrected chi connectivity index (χ4v) is 1.23. The van der Waals surface area contributed by atoms with Gasteiger partial charge in [0.2, 0.25) is 0 Å². The Labute approximate surface area is 93.2 Å². The summed E-state index contributed by atoms with van der Waals surface area (Å²) in [6.07, 6.45) is 0. The van der Waals surface area contributed by atoms with Crippen molar-refractivity contribution in [2.24, 2.45) is 16.5 Å². The second kappa shape index (κ2) is 4.57. The zero-order chi connectivity index (χ0) is 12.3. The minimum absolute atomic E-state index is 0.116. The highest BCUT2D eigenvalue weighted by molar-refractivity contribution is 6.01. The van der Waals surface area contributed by atoms with Crippen LogP contribution in [0.3, 0.4) is 0 Å². The van der Waals surface area contributed by atoms with Gasteiger partial charge < -0.3 is 11.5 Å². The Bertz CT molecular complexity index is 442. The predicted octanol–water partition coefficient (Wildman–Crippen LogP) is 0.997. The average molecular weight is 219 g/mol. The first-order valence-corrected chi connectivity index (χ1v) is 4.66. The SMILES string of the molecule is CC(=O)c1cc(N=C(N)N)cc(C(C)=O)c1. The number of hydrogen-bond donors (Lipinski definition) is 2. The van der Waals surface area contributed by atoms with Crippen molar-refractivity contribution in [1.82, 2.24) is 0 Å². The van der Waals surface area contributed by atoms with Gasteiger partial charge >= 0.3 is 0 Å². The molecule has 16 heavy (non-hydrogen) atoms. The number of nitrogens with zero attached hydrogens (tertiary/aromatic N) is 1. The Morgan fingerprint density at radius 1 is 1.00 bits per heavy atom. The predicted molar refractivity (Wildman–Crippen MR) is 61.9 cm³/mol. The number of aliphatic imine (C=N–C) groups is 1. The molecule has 1 aromatic rings. The van der Waals surface area contributed by atoms with Gasteiger partial charge in [0.15, 0.2) is 17.5 Å². The topological polar surface area (TPSA) is 98.5 Å². The molecule has 5 nitrogen and oxygen atoms in total. The molecule has 0 saturated carbocycles. The number of rotatable bonds is 3. The maximum atomic E-state index is 11.2. The van der Waals surface area contributed by atoms with E-state index >= 15 is 0 Å². The Morgan fingerprint density at radius 3 is 1.75 bits per heavy atom. The van der Waals surface area contributed by atoms with Gasteiger partial charge in [-0.1, -0.05) is 0 Å². The summed E-state index contributed by atoms with van der Waals surface area (Å²) in [7, 11) is 0. The van der Waals surface area contributed by atoms with Gasteiger partial charge in [-0.3, -0.25) is 9.59 Å². The van der Waals surface area contributed by atoms with E-state index in [0.29, 0.717) is 16.8 Å². The second-order valence-corrected chi connectivity index (χ2v) is 3.42. The lowest BCUT2D eigenvalue weighted by molar-refractivity contribution is 0.101. The zero-order valence-corrected chi connectivity index (χ0v) is 9.15. The van der Waals surface area contributed by atoms with Crippen LogP contribution in [0.5, 0.6) is 0 Å². The summed E-state index contributed by atoms with van der Waals surface area (Å²) in [6, 6.07) is 4.60. The summed E-state index contributed by atoms with van der Waals surface area (Å²) in [5.41, 5.74) is 11.7. The van der Waals surface area contributed by atoms with Gasteiger partial charge in [0.25, 0.3) is 0 Å². The lowest BCUT2D eigenvalue weighted by Crippen LogP contribution is -2.21. The third-order valence-electron chi connectivity index (χ3n) is 1.99. The lowest BCUT2D eigenvalue weighted by Gasteiger charge is -2.03. The molecule has 0 saturated heterocycles. The average Bonchev–Trinajstić information content (AvgIpc) is 2.15. The summed E-state index contributed by atoms with van der Waals surface area (Å²) in [5.74, 6) is -0.402. The third-order valence-corrected chi connectivity index (χ3v) is 1.99. The van der Waals surface area contributed by atoms with Crippen molar-refractivity contribution in [3.05, 3.63) is 29.3 Å². The lowest BCUT2D eigenvalue weighted by atomic mass is 10.0. The number of nitrogens with two attached hydrogens (primary N) is 2. The van der Waals surface area contributed by atoms with Crippen LogP contribution in [-0.2, 0) is 0 Å². The van der Waals surface area contributed by atoms with E-state index in [9.17, 15) is 9.59 Å². The molecule has 0 unspecified atom stereocenters. The second-order valence-electron chi connectivity index (χ2n) is 3.42. The van der Waals surface area contributed by atoms with E-state index in [1.54, 1.807) is 0 Å². The van der Waals surface area contributed by atoms with Crippen LogP contribution in [0, 0.1) is 0 Å². The van der Waals surface area contributed by atoms with Crippen LogP contribution in [0.25, 0.3) is 0 Å². The minimum Gasteiger partial charge on any atom is -0.370 e. The number of ketones is 2. The number of hydrogen-bond acceptors (Lipinski definition) is 3. The van der Waals surface area contributed by atoms with Crippen LogP contribution < -0.4 is 11.5 Å². The number of benzene rings is 1. The largest absolute Gasteiger partial charge is 0.370 e. The van der Waals surface area contributed by atoms with E-state index in [1.807, 2.05) is 0 Å². The van der Waals surface area contributed by atoms with Gasteiger partial charge in [0.1, 0.15) is 0 Å². The minimum atomic E-state index is -0.143. The van der Waals surface area contributed by atoms with E-state index in [0.717, 1.165) is 0 Å². The molecular formula is C11H13N3O2. The smallest absolute Gasteiger partial charge is 0.191 e. The molecule has 1 aromatic carbocycles. The molecule has 0 radical (unpaired) electrons. The van der Waals surface area contributed by atoms with Crippen LogP contribution >= 0.6 is 0 Å². The van der Waals surface area contributed by atoms with Crippen molar-refractivity contribution in [3.63, 3.8) is 0 Å². The van der Waals surface area contributed by atoms with Crippen molar-refractivity contribution < 1.29 is 9.59 Å². The molecule has 0 bridgehead atoms. The maximum Gasteiger partial charge on any atom is 0.191 e. The highest BCUT2D eigenvalue weighted by Gasteiger charge is 2.07. The van der Waals surface area contributed by atoms with E-state index in [-0.39, 0.29) is 17.5 Å². The van der Waals surface area contributed by atoms with E-state index in [1.165, 1.54) is 32.0 Å². The molecule has 1 rings (SSSR count). The van der Waals surface area contributed by atoms with E-state index in [4.69, 9.17) is 11.5 Å². The van der Waals surface area contributed by atoms with Crippen molar-refractivity contribution in [3.8, 4) is 0 Å². The first-order chi connectivity index (χ1) is 7.40. The first kappa shape index (κ1) is 11.9. The quantitative estimate of drug-likeness (QED) is 0.450. The monoisotopic (exact) mass is 219 g/mol. The molecule has 0 heterocycles. The normalized spacial score (nSPS) is 9.62. The molecule has 0 fully saturated rings. The molecule has 4 N–H and O–H groups in total. The van der Waals surface area contributed by atoms with Crippen molar-refractivity contribution in [2.75, 3.05) is 0 Å². The Hall–Kier alpha value is -2.17. The van der Waals surface area contributed by atoms with Gasteiger partial charge in [-0.05, 0) is 32.0 Å². The van der Waals surface area contributed by atoms with Crippen LogP contribution in [0.2, 0.25) is 0 Å². The first-order valence-electron chi connectivity index (χ1n) is 4.66. The molecule has 0 aliphatic heterocycles. The van der Waals surface area contributed by atoms with Crippen LogP contribution in [-0.4, -0.2) is 17.5 Å². The van der Waals surface area contributed by atoms with Gasteiger partial charge in [-0.15, -0.1) is 0 Å². The highest BCUT2D eigenvalue weighted by atomic mass is 16.1. The van der Waals surface area contributed by atoms with E-state index < -0.39 is 0 Å². The molecule has 0 atom stereocenters. The highest BCUT2D eigenvalue weighted by Crippen LogP contribution is 2.18. The van der Waals surface area contributed by atoms with Gasteiger partial charge in [-0.25, -0.2) is 4.99 Å². The summed E-state index contributed by atoms with van der Waals surface area (Å²) in [4.78, 5) is 26.3. The van der Waals surface area contributed by atoms with Crippen molar-refractivity contribution in [1.29, 1.82) is 0 Å². The van der Waals surface area contributed by atoms with Gasteiger partial charge in [-0.2, -0.15) is 0 Å². The van der Waals surface area contributed by atoms with Gasteiger partial charge in [0.05, 0.1) is 5.69 Å². The van der Waals surface area contributed by atoms with Crippen LogP contribution in [0.15, 0.2) is 23.2 Å². The molecule has 0 aliphatic carbocycles. The van der Waals surface area contributed by atoms with E-state index in [2.05, 4.69) is 4.99 Å². The summed E-state index contributed by atoms with van der Waals surface area (Å²) < 4.78 is 0. The van der Waals surface area contributed by atoms with Crippen molar-refractivity contribution >= 4 is 23.2 Å².